The van der Waals surface area contributed by atoms with Crippen LogP contribution >= 0.6 is 11.3 Å². The molecule has 1 heterocycles. The van der Waals surface area contributed by atoms with Crippen molar-refractivity contribution in [1.29, 1.82) is 0 Å². The minimum Gasteiger partial charge on any atom is -0.321 e. The first-order chi connectivity index (χ1) is 17.5. The summed E-state index contributed by atoms with van der Waals surface area (Å²) in [6, 6.07) is 25.1. The number of ketones is 1. The molecule has 5 nitrogen and oxygen atoms in total. The Hall–Kier alpha value is -4.55. The molecule has 178 valence electrons. The number of amides is 2. The third kappa shape index (κ3) is 6.74. The van der Waals surface area contributed by atoms with Gasteiger partial charge in [-0.05, 0) is 83.4 Å². The van der Waals surface area contributed by atoms with Gasteiger partial charge in [-0.15, -0.1) is 0 Å². The lowest BCUT2D eigenvalue weighted by Gasteiger charge is -2.11. The number of hydrogen-bond donors (Lipinski definition) is 2. The summed E-state index contributed by atoms with van der Waals surface area (Å²) >= 11 is 1.49. The molecule has 0 unspecified atom stereocenters. The van der Waals surface area contributed by atoms with Crippen molar-refractivity contribution in [1.82, 2.24) is 5.32 Å². The standard InChI is InChI=1S/C30H24N2O3S/c1-21-7-9-22(10-8-21)11-16-28(33)24-12-14-26(15-13-24)31-30(35)27(19-23-17-18-36-20-23)32-29(34)25-5-3-2-4-6-25/h2-20H,1H3,(H,31,35)(H,32,34)/b16-11+,27-19-. The van der Waals surface area contributed by atoms with Gasteiger partial charge in [0.05, 0.1) is 0 Å². The molecule has 0 aliphatic rings. The summed E-state index contributed by atoms with van der Waals surface area (Å²) in [7, 11) is 0. The number of rotatable bonds is 8. The summed E-state index contributed by atoms with van der Waals surface area (Å²) in [6.45, 7) is 2.01. The Morgan fingerprint density at radius 3 is 2.17 bits per heavy atom. The maximum Gasteiger partial charge on any atom is 0.272 e. The number of allylic oxidation sites excluding steroid dienone is 1. The first-order valence-electron chi connectivity index (χ1n) is 11.3. The van der Waals surface area contributed by atoms with Crippen LogP contribution in [-0.2, 0) is 4.79 Å². The van der Waals surface area contributed by atoms with Crippen LogP contribution in [0.5, 0.6) is 0 Å². The number of hydrogen-bond acceptors (Lipinski definition) is 4. The molecule has 0 spiro atoms. The molecular formula is C30H24N2O3S. The highest BCUT2D eigenvalue weighted by Crippen LogP contribution is 2.15. The van der Waals surface area contributed by atoms with Gasteiger partial charge in [-0.1, -0.05) is 54.1 Å². The summed E-state index contributed by atoms with van der Waals surface area (Å²) in [5.74, 6) is -0.987. The van der Waals surface area contributed by atoms with Crippen LogP contribution in [0.3, 0.4) is 0 Å². The van der Waals surface area contributed by atoms with Crippen LogP contribution in [0, 0.1) is 6.92 Å². The molecule has 3 aromatic carbocycles. The Morgan fingerprint density at radius 1 is 0.778 bits per heavy atom. The zero-order valence-corrected chi connectivity index (χ0v) is 20.4. The Balaban J connectivity index is 1.45. The summed E-state index contributed by atoms with van der Waals surface area (Å²) in [6.07, 6.45) is 4.92. The van der Waals surface area contributed by atoms with E-state index in [9.17, 15) is 14.4 Å². The van der Waals surface area contributed by atoms with Crippen molar-refractivity contribution in [2.24, 2.45) is 0 Å². The van der Waals surface area contributed by atoms with Gasteiger partial charge < -0.3 is 10.6 Å². The highest BCUT2D eigenvalue weighted by Gasteiger charge is 2.15. The molecule has 4 rings (SSSR count). The molecule has 0 saturated carbocycles. The Kier molecular flexibility index (Phi) is 8.01. The quantitative estimate of drug-likeness (QED) is 0.222. The maximum atomic E-state index is 13.0. The van der Waals surface area contributed by atoms with Crippen molar-refractivity contribution in [3.8, 4) is 0 Å². The van der Waals surface area contributed by atoms with E-state index >= 15 is 0 Å². The summed E-state index contributed by atoms with van der Waals surface area (Å²) in [5.41, 5.74) is 4.47. The van der Waals surface area contributed by atoms with E-state index in [1.807, 2.05) is 54.1 Å². The molecule has 2 N–H and O–H groups in total. The first-order valence-corrected chi connectivity index (χ1v) is 12.2. The Morgan fingerprint density at radius 2 is 1.50 bits per heavy atom. The van der Waals surface area contributed by atoms with E-state index in [1.165, 1.54) is 17.4 Å². The van der Waals surface area contributed by atoms with Crippen LogP contribution in [-0.4, -0.2) is 17.6 Å². The number of aryl methyl sites for hydroxylation is 1. The third-order valence-corrected chi connectivity index (χ3v) is 6.02. The number of carbonyl (C=O) groups excluding carboxylic acids is 3. The van der Waals surface area contributed by atoms with Crippen LogP contribution in [0.15, 0.2) is 107 Å². The van der Waals surface area contributed by atoms with E-state index < -0.39 is 5.91 Å². The van der Waals surface area contributed by atoms with Gasteiger partial charge in [-0.3, -0.25) is 14.4 Å². The lowest BCUT2D eigenvalue weighted by Crippen LogP contribution is -2.30. The number of carbonyl (C=O) groups is 3. The zero-order valence-electron chi connectivity index (χ0n) is 19.6. The molecule has 1 aromatic heterocycles. The van der Waals surface area contributed by atoms with Crippen molar-refractivity contribution in [3.05, 3.63) is 135 Å². The second kappa shape index (κ2) is 11.7. The molecule has 4 aromatic rings. The molecule has 0 fully saturated rings. The van der Waals surface area contributed by atoms with E-state index in [0.717, 1.165) is 16.7 Å². The van der Waals surface area contributed by atoms with Gasteiger partial charge in [0.1, 0.15) is 5.70 Å². The molecule has 2 amide bonds. The van der Waals surface area contributed by atoms with Gasteiger partial charge in [-0.2, -0.15) is 11.3 Å². The van der Waals surface area contributed by atoms with E-state index in [2.05, 4.69) is 10.6 Å². The number of thiophene rings is 1. The Bertz CT molecular complexity index is 1400. The minimum atomic E-state index is -0.469. The highest BCUT2D eigenvalue weighted by molar-refractivity contribution is 7.08. The number of anilines is 1. The third-order valence-electron chi connectivity index (χ3n) is 5.31. The molecule has 0 saturated heterocycles. The van der Waals surface area contributed by atoms with Gasteiger partial charge in [0.2, 0.25) is 0 Å². The van der Waals surface area contributed by atoms with Crippen molar-refractivity contribution < 1.29 is 14.4 Å². The van der Waals surface area contributed by atoms with Crippen molar-refractivity contribution in [2.75, 3.05) is 5.32 Å². The number of benzene rings is 3. The fraction of sp³-hybridized carbons (Fsp3) is 0.0333. The predicted molar refractivity (Wildman–Crippen MR) is 146 cm³/mol. The van der Waals surface area contributed by atoms with Gasteiger partial charge in [0.15, 0.2) is 5.78 Å². The van der Waals surface area contributed by atoms with Crippen LogP contribution in [0.25, 0.3) is 12.2 Å². The molecule has 0 aliphatic carbocycles. The molecule has 6 heteroatoms. The normalized spacial score (nSPS) is 11.3. The smallest absolute Gasteiger partial charge is 0.272 e. The lowest BCUT2D eigenvalue weighted by molar-refractivity contribution is -0.113. The zero-order chi connectivity index (χ0) is 25.3. The monoisotopic (exact) mass is 492 g/mol. The average molecular weight is 493 g/mol. The largest absolute Gasteiger partial charge is 0.321 e. The van der Waals surface area contributed by atoms with Crippen LogP contribution in [0.4, 0.5) is 5.69 Å². The molecular weight excluding hydrogens is 468 g/mol. The van der Waals surface area contributed by atoms with E-state index in [-0.39, 0.29) is 17.4 Å². The van der Waals surface area contributed by atoms with E-state index in [4.69, 9.17) is 0 Å². The summed E-state index contributed by atoms with van der Waals surface area (Å²) in [4.78, 5) is 38.2. The fourth-order valence-electron chi connectivity index (χ4n) is 3.33. The lowest BCUT2D eigenvalue weighted by atomic mass is 10.1. The van der Waals surface area contributed by atoms with Gasteiger partial charge in [0.25, 0.3) is 11.8 Å². The predicted octanol–water partition coefficient (Wildman–Crippen LogP) is 6.36. The van der Waals surface area contributed by atoms with Crippen LogP contribution < -0.4 is 10.6 Å². The van der Waals surface area contributed by atoms with Crippen molar-refractivity contribution in [3.63, 3.8) is 0 Å². The SMILES string of the molecule is Cc1ccc(/C=C/C(=O)c2ccc(NC(=O)/C(=C/c3ccsc3)NC(=O)c3ccccc3)cc2)cc1. The van der Waals surface area contributed by atoms with Gasteiger partial charge in [-0.25, -0.2) is 0 Å². The minimum absolute atomic E-state index is 0.114. The summed E-state index contributed by atoms with van der Waals surface area (Å²) in [5, 5.41) is 9.27. The molecule has 36 heavy (non-hydrogen) atoms. The second-order valence-electron chi connectivity index (χ2n) is 8.07. The maximum absolute atomic E-state index is 13.0. The fourth-order valence-corrected chi connectivity index (χ4v) is 3.95. The topological polar surface area (TPSA) is 75.3 Å². The molecule has 0 aliphatic heterocycles. The van der Waals surface area contributed by atoms with Gasteiger partial charge in [0, 0.05) is 16.8 Å². The average Bonchev–Trinajstić information content (AvgIpc) is 3.42. The Labute approximate surface area is 213 Å². The molecule has 0 radical (unpaired) electrons. The van der Waals surface area contributed by atoms with E-state index in [1.54, 1.807) is 60.7 Å². The highest BCUT2D eigenvalue weighted by atomic mass is 32.1. The van der Waals surface area contributed by atoms with Crippen molar-refractivity contribution in [2.45, 2.75) is 6.92 Å². The summed E-state index contributed by atoms with van der Waals surface area (Å²) < 4.78 is 0. The second-order valence-corrected chi connectivity index (χ2v) is 8.85. The molecule has 0 bridgehead atoms. The van der Waals surface area contributed by atoms with E-state index in [0.29, 0.717) is 16.8 Å². The van der Waals surface area contributed by atoms with Crippen LogP contribution in [0.1, 0.15) is 37.4 Å². The molecule has 0 atom stereocenters. The number of nitrogens with one attached hydrogen (secondary N) is 2. The van der Waals surface area contributed by atoms with Crippen molar-refractivity contribution >= 4 is 46.8 Å². The van der Waals surface area contributed by atoms with Gasteiger partial charge >= 0.3 is 0 Å². The first kappa shape index (κ1) is 24.6. The van der Waals surface area contributed by atoms with Crippen LogP contribution in [0.2, 0.25) is 0 Å².